The third kappa shape index (κ3) is 3.90. The van der Waals surface area contributed by atoms with Crippen LogP contribution in [0.2, 0.25) is 0 Å². The predicted octanol–water partition coefficient (Wildman–Crippen LogP) is 2.52. The lowest BCUT2D eigenvalue weighted by atomic mass is 9.95. The Kier molecular flexibility index (Phi) is 5.37. The molecule has 1 aromatic heterocycles. The second-order valence-corrected chi connectivity index (χ2v) is 7.64. The molecule has 8 nitrogen and oxygen atoms in total. The zero-order valence-corrected chi connectivity index (χ0v) is 16.8. The number of aliphatic hydroxyl groups excluding tert-OH is 1. The molecule has 8 heteroatoms. The first-order chi connectivity index (χ1) is 15.1. The van der Waals surface area contributed by atoms with E-state index in [2.05, 4.69) is 5.32 Å². The lowest BCUT2D eigenvalue weighted by Crippen LogP contribution is -2.67. The third-order valence-electron chi connectivity index (χ3n) is 5.50. The summed E-state index contributed by atoms with van der Waals surface area (Å²) in [5.41, 5.74) is 0. The van der Waals surface area contributed by atoms with Gasteiger partial charge in [-0.15, -0.1) is 0 Å². The van der Waals surface area contributed by atoms with Crippen LogP contribution in [-0.2, 0) is 19.0 Å². The molecule has 31 heavy (non-hydrogen) atoms. The van der Waals surface area contributed by atoms with Crippen LogP contribution in [-0.4, -0.2) is 48.3 Å². The van der Waals surface area contributed by atoms with Gasteiger partial charge in [-0.25, -0.2) is 0 Å². The van der Waals surface area contributed by atoms with Gasteiger partial charge in [-0.2, -0.15) is 0 Å². The van der Waals surface area contributed by atoms with E-state index in [4.69, 9.17) is 23.4 Å². The maximum Gasteiger partial charge on any atom is 0.223 e. The van der Waals surface area contributed by atoms with Gasteiger partial charge in [-0.3, -0.25) is 4.79 Å². The number of carbonyl (C=O) groups excluding carboxylic acids is 1. The Labute approximate surface area is 178 Å². The summed E-state index contributed by atoms with van der Waals surface area (Å²) in [6.07, 6.45) is -2.56. The van der Waals surface area contributed by atoms with E-state index in [0.29, 0.717) is 11.5 Å². The molecule has 2 fully saturated rings. The fourth-order valence-corrected chi connectivity index (χ4v) is 4.07. The topological polar surface area (TPSA) is 99.4 Å². The molecule has 5 rings (SSSR count). The Balaban J connectivity index is 1.41. The monoisotopic (exact) mass is 425 g/mol. The summed E-state index contributed by atoms with van der Waals surface area (Å²) in [7, 11) is 0. The Morgan fingerprint density at radius 3 is 2.74 bits per heavy atom. The average molecular weight is 425 g/mol. The molecule has 3 heterocycles. The fourth-order valence-electron chi connectivity index (χ4n) is 4.07. The Hall–Kier alpha value is -2.91. The minimum absolute atomic E-state index is 0.176. The molecule has 3 aromatic rings. The molecule has 0 radical (unpaired) electrons. The maximum atomic E-state index is 11.9. The van der Waals surface area contributed by atoms with E-state index in [1.54, 1.807) is 12.1 Å². The molecular formula is C23H23NO7. The highest BCUT2D eigenvalue weighted by Gasteiger charge is 2.51. The molecular weight excluding hydrogens is 402 g/mol. The van der Waals surface area contributed by atoms with Gasteiger partial charge in [-0.05, 0) is 23.6 Å². The molecule has 2 aromatic carbocycles. The van der Waals surface area contributed by atoms with Crippen LogP contribution in [0.3, 0.4) is 0 Å². The molecule has 0 unspecified atom stereocenters. The van der Waals surface area contributed by atoms with E-state index >= 15 is 0 Å². The molecule has 0 spiro atoms. The summed E-state index contributed by atoms with van der Waals surface area (Å²) in [5, 5.41) is 15.8. The Morgan fingerprint density at radius 1 is 1.10 bits per heavy atom. The van der Waals surface area contributed by atoms with Crippen molar-refractivity contribution in [2.24, 2.45) is 0 Å². The number of furan rings is 1. The largest absolute Gasteiger partial charge is 0.464 e. The lowest BCUT2D eigenvalue weighted by Gasteiger charge is -2.47. The first-order valence-electron chi connectivity index (χ1n) is 10.2. The van der Waals surface area contributed by atoms with Crippen LogP contribution in [0.15, 0.2) is 65.3 Å². The minimum atomic E-state index is -1.08. The van der Waals surface area contributed by atoms with Gasteiger partial charge in [0.05, 0.1) is 12.9 Å². The van der Waals surface area contributed by atoms with Crippen molar-refractivity contribution in [3.8, 4) is 5.75 Å². The van der Waals surface area contributed by atoms with E-state index in [9.17, 15) is 9.90 Å². The van der Waals surface area contributed by atoms with Crippen LogP contribution in [0.25, 0.3) is 10.8 Å². The Morgan fingerprint density at radius 2 is 1.94 bits per heavy atom. The fraction of sp³-hybridized carbons (Fsp3) is 0.348. The highest BCUT2D eigenvalue weighted by Crippen LogP contribution is 2.36. The molecule has 0 saturated carbocycles. The summed E-state index contributed by atoms with van der Waals surface area (Å²) in [5.74, 6) is 0.776. The summed E-state index contributed by atoms with van der Waals surface area (Å²) in [6.45, 7) is 1.56. The molecule has 0 bridgehead atoms. The van der Waals surface area contributed by atoms with Crippen molar-refractivity contribution in [2.75, 3.05) is 6.61 Å². The number of nitrogens with one attached hydrogen (secondary N) is 1. The number of carbonyl (C=O) groups is 1. The number of rotatable bonds is 4. The standard InChI is InChI=1S/C23H23NO7/c1-13(25)24-19-20(26)21-18(12-28-22(31-21)17-10-5-11-27-17)30-23(19)29-16-9-4-7-14-6-2-3-8-15(14)16/h2-11,18-23,26H,12H2,1H3,(H,24,25)/t18-,19-,20+,21+,22+,23+/m1/s1. The molecule has 162 valence electrons. The lowest BCUT2D eigenvalue weighted by molar-refractivity contribution is -0.336. The van der Waals surface area contributed by atoms with Crippen molar-refractivity contribution in [3.05, 3.63) is 66.6 Å². The smallest absolute Gasteiger partial charge is 0.223 e. The second-order valence-electron chi connectivity index (χ2n) is 7.64. The van der Waals surface area contributed by atoms with Crippen molar-refractivity contribution in [2.45, 2.75) is 43.9 Å². The van der Waals surface area contributed by atoms with Crippen molar-refractivity contribution in [1.29, 1.82) is 0 Å². The molecule has 2 aliphatic heterocycles. The number of hydrogen-bond donors (Lipinski definition) is 2. The number of fused-ring (bicyclic) bond motifs is 2. The van der Waals surface area contributed by atoms with Crippen molar-refractivity contribution >= 4 is 16.7 Å². The van der Waals surface area contributed by atoms with Crippen LogP contribution in [0.1, 0.15) is 19.0 Å². The van der Waals surface area contributed by atoms with E-state index in [-0.39, 0.29) is 12.5 Å². The van der Waals surface area contributed by atoms with Crippen LogP contribution >= 0.6 is 0 Å². The van der Waals surface area contributed by atoms with Gasteiger partial charge in [0.2, 0.25) is 18.5 Å². The summed E-state index contributed by atoms with van der Waals surface area (Å²) >= 11 is 0. The molecule has 1 amide bonds. The summed E-state index contributed by atoms with van der Waals surface area (Å²) < 4.78 is 29.3. The molecule has 2 aliphatic rings. The number of hydrogen-bond acceptors (Lipinski definition) is 7. The summed E-state index contributed by atoms with van der Waals surface area (Å²) in [6, 6.07) is 16.1. The number of benzene rings is 2. The zero-order valence-electron chi connectivity index (χ0n) is 16.8. The van der Waals surface area contributed by atoms with E-state index < -0.39 is 36.9 Å². The third-order valence-corrected chi connectivity index (χ3v) is 5.50. The molecule has 2 N–H and O–H groups in total. The Bertz CT molecular complexity index is 1050. The molecule has 0 aliphatic carbocycles. The predicted molar refractivity (Wildman–Crippen MR) is 109 cm³/mol. The number of amides is 1. The normalized spacial score (nSPS) is 30.5. The SMILES string of the molecule is CC(=O)N[C@H]1[C@@H](Oc2cccc3ccccc23)O[C@@H]2CO[C@H](c3ccco3)O[C@@H]2[C@H]1O. The van der Waals surface area contributed by atoms with Crippen molar-refractivity contribution in [3.63, 3.8) is 0 Å². The molecule has 6 atom stereocenters. The van der Waals surface area contributed by atoms with E-state index in [1.165, 1.54) is 13.2 Å². The molecule has 2 saturated heterocycles. The van der Waals surface area contributed by atoms with Gasteiger partial charge in [0.1, 0.15) is 30.1 Å². The highest BCUT2D eigenvalue weighted by atomic mass is 16.8. The highest BCUT2D eigenvalue weighted by molar-refractivity contribution is 5.88. The maximum absolute atomic E-state index is 11.9. The number of ether oxygens (including phenoxy) is 4. The second kappa shape index (κ2) is 8.32. The van der Waals surface area contributed by atoms with Crippen LogP contribution in [0.4, 0.5) is 0 Å². The van der Waals surface area contributed by atoms with Gasteiger partial charge < -0.3 is 33.8 Å². The van der Waals surface area contributed by atoms with Gasteiger partial charge in [-0.1, -0.05) is 36.4 Å². The van der Waals surface area contributed by atoms with Crippen LogP contribution in [0.5, 0.6) is 5.75 Å². The van der Waals surface area contributed by atoms with Crippen LogP contribution in [0, 0.1) is 0 Å². The quantitative estimate of drug-likeness (QED) is 0.663. The van der Waals surface area contributed by atoms with Gasteiger partial charge >= 0.3 is 0 Å². The zero-order chi connectivity index (χ0) is 21.4. The van der Waals surface area contributed by atoms with E-state index in [1.807, 2.05) is 42.5 Å². The first-order valence-corrected chi connectivity index (χ1v) is 10.2. The van der Waals surface area contributed by atoms with Gasteiger partial charge in [0, 0.05) is 12.3 Å². The van der Waals surface area contributed by atoms with Crippen LogP contribution < -0.4 is 10.1 Å². The van der Waals surface area contributed by atoms with Crippen molar-refractivity contribution < 1.29 is 33.3 Å². The average Bonchev–Trinajstić information content (AvgIpc) is 3.31. The van der Waals surface area contributed by atoms with Gasteiger partial charge in [0.15, 0.2) is 5.76 Å². The summed E-state index contributed by atoms with van der Waals surface area (Å²) in [4.78, 5) is 11.9. The number of aliphatic hydroxyl groups is 1. The minimum Gasteiger partial charge on any atom is -0.464 e. The van der Waals surface area contributed by atoms with E-state index in [0.717, 1.165) is 10.8 Å². The van der Waals surface area contributed by atoms with Crippen molar-refractivity contribution in [1.82, 2.24) is 5.32 Å². The van der Waals surface area contributed by atoms with Gasteiger partial charge in [0.25, 0.3) is 0 Å². The first kappa shape index (κ1) is 20.0.